The molecule has 0 aliphatic carbocycles. The smallest absolute Gasteiger partial charge is 0.193 e. The Morgan fingerprint density at radius 2 is 2.13 bits per heavy atom. The highest BCUT2D eigenvalue weighted by Gasteiger charge is 2.06. The molecule has 0 amide bonds. The standard InChI is InChI=1S/C12H12ClNO/c1-8-3-4-11-10(5-8)12(15)9(6-13)7-14(11)2/h3-5,7H,6H2,1-2H3. The van der Waals surface area contributed by atoms with Crippen LogP contribution >= 0.6 is 11.6 Å². The van der Waals surface area contributed by atoms with Gasteiger partial charge in [0.15, 0.2) is 5.43 Å². The Morgan fingerprint density at radius 3 is 2.80 bits per heavy atom. The molecule has 0 unspecified atom stereocenters. The Labute approximate surface area is 93.1 Å². The van der Waals surface area contributed by atoms with E-state index in [1.54, 1.807) is 6.20 Å². The SMILES string of the molecule is Cc1ccc2c(c1)c(=O)c(CCl)cn2C. The second-order valence-electron chi connectivity index (χ2n) is 3.75. The van der Waals surface area contributed by atoms with Gasteiger partial charge in [-0.15, -0.1) is 11.6 Å². The van der Waals surface area contributed by atoms with Crippen molar-refractivity contribution < 1.29 is 0 Å². The van der Waals surface area contributed by atoms with E-state index in [1.807, 2.05) is 36.7 Å². The van der Waals surface area contributed by atoms with E-state index in [-0.39, 0.29) is 11.3 Å². The van der Waals surface area contributed by atoms with E-state index >= 15 is 0 Å². The van der Waals surface area contributed by atoms with Crippen LogP contribution in [-0.4, -0.2) is 4.57 Å². The number of fused-ring (bicyclic) bond motifs is 1. The summed E-state index contributed by atoms with van der Waals surface area (Å²) in [6, 6.07) is 5.87. The van der Waals surface area contributed by atoms with Crippen LogP contribution in [-0.2, 0) is 12.9 Å². The molecule has 0 spiro atoms. The molecule has 15 heavy (non-hydrogen) atoms. The van der Waals surface area contributed by atoms with Gasteiger partial charge in [-0.25, -0.2) is 0 Å². The predicted octanol–water partition coefficient (Wildman–Crippen LogP) is 2.59. The van der Waals surface area contributed by atoms with Crippen molar-refractivity contribution >= 4 is 22.5 Å². The zero-order valence-electron chi connectivity index (χ0n) is 8.75. The van der Waals surface area contributed by atoms with Gasteiger partial charge < -0.3 is 4.57 Å². The lowest BCUT2D eigenvalue weighted by Crippen LogP contribution is -2.12. The summed E-state index contributed by atoms with van der Waals surface area (Å²) in [6.07, 6.45) is 1.80. The van der Waals surface area contributed by atoms with E-state index in [9.17, 15) is 4.79 Å². The number of aryl methyl sites for hydroxylation is 2. The fraction of sp³-hybridized carbons (Fsp3) is 0.250. The summed E-state index contributed by atoms with van der Waals surface area (Å²) in [6.45, 7) is 1.98. The summed E-state index contributed by atoms with van der Waals surface area (Å²) in [5.74, 6) is 0.260. The number of pyridine rings is 1. The van der Waals surface area contributed by atoms with Crippen LogP contribution in [0.1, 0.15) is 11.1 Å². The molecule has 0 fully saturated rings. The second kappa shape index (κ2) is 3.70. The Hall–Kier alpha value is -1.28. The van der Waals surface area contributed by atoms with Gasteiger partial charge in [0.05, 0.1) is 11.4 Å². The lowest BCUT2D eigenvalue weighted by molar-refractivity contribution is 0.935. The second-order valence-corrected chi connectivity index (χ2v) is 4.02. The molecule has 0 atom stereocenters. The minimum atomic E-state index is 0.0433. The first-order chi connectivity index (χ1) is 7.13. The zero-order chi connectivity index (χ0) is 11.0. The van der Waals surface area contributed by atoms with Gasteiger partial charge in [-0.2, -0.15) is 0 Å². The Bertz CT molecular complexity index is 572. The van der Waals surface area contributed by atoms with Crippen LogP contribution in [0.5, 0.6) is 0 Å². The molecule has 1 heterocycles. The van der Waals surface area contributed by atoms with Crippen molar-refractivity contribution in [3.63, 3.8) is 0 Å². The minimum Gasteiger partial charge on any atom is -0.350 e. The normalized spacial score (nSPS) is 10.9. The topological polar surface area (TPSA) is 22.0 Å². The average molecular weight is 222 g/mol. The van der Waals surface area contributed by atoms with Crippen molar-refractivity contribution in [1.29, 1.82) is 0 Å². The lowest BCUT2D eigenvalue weighted by Gasteiger charge is -2.07. The largest absolute Gasteiger partial charge is 0.350 e. The summed E-state index contributed by atoms with van der Waals surface area (Å²) in [4.78, 5) is 12.0. The highest BCUT2D eigenvalue weighted by molar-refractivity contribution is 6.17. The third kappa shape index (κ3) is 1.65. The maximum absolute atomic E-state index is 12.0. The molecule has 0 bridgehead atoms. The Balaban J connectivity index is 2.95. The molecular formula is C12H12ClNO. The van der Waals surface area contributed by atoms with Crippen LogP contribution < -0.4 is 5.43 Å². The number of rotatable bonds is 1. The van der Waals surface area contributed by atoms with Gasteiger partial charge in [-0.05, 0) is 19.1 Å². The molecule has 0 saturated carbocycles. The molecular weight excluding hydrogens is 210 g/mol. The first-order valence-corrected chi connectivity index (χ1v) is 5.32. The van der Waals surface area contributed by atoms with Crippen LogP contribution in [0.2, 0.25) is 0 Å². The molecule has 0 aliphatic rings. The van der Waals surface area contributed by atoms with Crippen LogP contribution in [0.15, 0.2) is 29.2 Å². The maximum atomic E-state index is 12.0. The molecule has 2 rings (SSSR count). The third-order valence-corrected chi connectivity index (χ3v) is 2.85. The first kappa shape index (κ1) is 10.2. The van der Waals surface area contributed by atoms with Crippen LogP contribution in [0.3, 0.4) is 0 Å². The van der Waals surface area contributed by atoms with Crippen molar-refractivity contribution in [3.05, 3.63) is 45.7 Å². The zero-order valence-corrected chi connectivity index (χ0v) is 9.51. The van der Waals surface area contributed by atoms with Gasteiger partial charge in [0.1, 0.15) is 0 Å². The molecule has 2 nitrogen and oxygen atoms in total. The molecule has 2 aromatic rings. The van der Waals surface area contributed by atoms with Gasteiger partial charge in [-0.1, -0.05) is 11.6 Å². The number of halogens is 1. The van der Waals surface area contributed by atoms with Gasteiger partial charge in [0, 0.05) is 24.2 Å². The number of hydrogen-bond donors (Lipinski definition) is 0. The van der Waals surface area contributed by atoms with Crippen molar-refractivity contribution in [1.82, 2.24) is 4.57 Å². The fourth-order valence-electron chi connectivity index (χ4n) is 1.77. The number of benzene rings is 1. The predicted molar refractivity (Wildman–Crippen MR) is 63.5 cm³/mol. The monoisotopic (exact) mass is 221 g/mol. The Kier molecular flexibility index (Phi) is 2.53. The molecule has 0 saturated heterocycles. The first-order valence-electron chi connectivity index (χ1n) is 4.78. The quantitative estimate of drug-likeness (QED) is 0.679. The highest BCUT2D eigenvalue weighted by atomic mass is 35.5. The van der Waals surface area contributed by atoms with Crippen molar-refractivity contribution in [2.45, 2.75) is 12.8 Å². The van der Waals surface area contributed by atoms with Gasteiger partial charge in [0.25, 0.3) is 0 Å². The number of nitrogens with zero attached hydrogens (tertiary/aromatic N) is 1. The minimum absolute atomic E-state index is 0.0433. The fourth-order valence-corrected chi connectivity index (χ4v) is 1.96. The van der Waals surface area contributed by atoms with Crippen LogP contribution in [0.25, 0.3) is 10.9 Å². The summed E-state index contributed by atoms with van der Waals surface area (Å²) in [5.41, 5.74) is 2.73. The van der Waals surface area contributed by atoms with E-state index < -0.39 is 0 Å². The molecule has 3 heteroatoms. The number of aromatic nitrogens is 1. The molecule has 78 valence electrons. The lowest BCUT2D eigenvalue weighted by atomic mass is 10.1. The average Bonchev–Trinajstić information content (AvgIpc) is 2.23. The van der Waals surface area contributed by atoms with Gasteiger partial charge >= 0.3 is 0 Å². The van der Waals surface area contributed by atoms with E-state index in [1.165, 1.54) is 0 Å². The molecule has 0 aliphatic heterocycles. The van der Waals surface area contributed by atoms with E-state index in [0.717, 1.165) is 16.5 Å². The summed E-state index contributed by atoms with van der Waals surface area (Å²) in [5, 5.41) is 0.746. The number of alkyl halides is 1. The van der Waals surface area contributed by atoms with Crippen molar-refractivity contribution in [3.8, 4) is 0 Å². The molecule has 0 radical (unpaired) electrons. The van der Waals surface area contributed by atoms with Gasteiger partial charge in [-0.3, -0.25) is 4.79 Å². The summed E-state index contributed by atoms with van der Waals surface area (Å²) < 4.78 is 1.94. The maximum Gasteiger partial charge on any atom is 0.193 e. The molecule has 0 N–H and O–H groups in total. The number of hydrogen-bond acceptors (Lipinski definition) is 1. The van der Waals surface area contributed by atoms with Crippen LogP contribution in [0.4, 0.5) is 0 Å². The van der Waals surface area contributed by atoms with E-state index in [4.69, 9.17) is 11.6 Å². The highest BCUT2D eigenvalue weighted by Crippen LogP contribution is 2.13. The van der Waals surface area contributed by atoms with Crippen LogP contribution in [0, 0.1) is 6.92 Å². The Morgan fingerprint density at radius 1 is 1.40 bits per heavy atom. The summed E-state index contributed by atoms with van der Waals surface area (Å²) in [7, 11) is 1.92. The summed E-state index contributed by atoms with van der Waals surface area (Å²) >= 11 is 5.73. The molecule has 1 aromatic heterocycles. The van der Waals surface area contributed by atoms with Crippen molar-refractivity contribution in [2.24, 2.45) is 7.05 Å². The molecule has 1 aromatic carbocycles. The van der Waals surface area contributed by atoms with E-state index in [0.29, 0.717) is 5.56 Å². The van der Waals surface area contributed by atoms with E-state index in [2.05, 4.69) is 0 Å². The van der Waals surface area contributed by atoms with Crippen molar-refractivity contribution in [2.75, 3.05) is 0 Å². The third-order valence-electron chi connectivity index (χ3n) is 2.56. The van der Waals surface area contributed by atoms with Gasteiger partial charge in [0.2, 0.25) is 0 Å².